The van der Waals surface area contributed by atoms with Crippen molar-refractivity contribution in [3.8, 4) is 24.3 Å². The molecule has 2 aromatic heterocycles. The number of pyridine rings is 2. The summed E-state index contributed by atoms with van der Waals surface area (Å²) in [5, 5.41) is 38.0. The van der Waals surface area contributed by atoms with Gasteiger partial charge < -0.3 is 9.13 Å². The van der Waals surface area contributed by atoms with Crippen LogP contribution in [0.5, 0.6) is 0 Å². The van der Waals surface area contributed by atoms with Crippen LogP contribution in [0.4, 0.5) is 0 Å². The minimum Gasteiger partial charge on any atom is -0.343 e. The van der Waals surface area contributed by atoms with Crippen molar-refractivity contribution in [3.63, 3.8) is 0 Å². The molecule has 178 valence electrons. The summed E-state index contributed by atoms with van der Waals surface area (Å²) in [5.74, 6) is 0. The molecule has 0 N–H and O–H groups in total. The average molecular weight is 492 g/mol. The predicted octanol–water partition coefficient (Wildman–Crippen LogP) is 4.56. The van der Waals surface area contributed by atoms with E-state index in [-0.39, 0.29) is 22.0 Å². The van der Waals surface area contributed by atoms with Crippen molar-refractivity contribution in [1.29, 1.82) is 21.0 Å². The van der Waals surface area contributed by atoms with Crippen LogP contribution in [-0.2, 0) is 14.1 Å². The fourth-order valence-electron chi connectivity index (χ4n) is 4.79. The third-order valence-electron chi connectivity index (χ3n) is 6.68. The molecule has 0 unspecified atom stereocenters. The molecule has 2 heterocycles. The number of hydrogen-bond acceptors (Lipinski definition) is 6. The molecule has 3 aromatic carbocycles. The summed E-state index contributed by atoms with van der Waals surface area (Å²) in [6, 6.07) is 21.0. The Bertz CT molecular complexity index is 2040. The van der Waals surface area contributed by atoms with Gasteiger partial charge in [-0.1, -0.05) is 12.1 Å². The molecule has 0 amide bonds. The molecule has 38 heavy (non-hydrogen) atoms. The Balaban J connectivity index is 1.86. The summed E-state index contributed by atoms with van der Waals surface area (Å²) in [5.41, 5.74) is 2.98. The first-order chi connectivity index (χ1) is 18.3. The number of nitriles is 4. The van der Waals surface area contributed by atoms with Gasteiger partial charge in [-0.05, 0) is 59.7 Å². The summed E-state index contributed by atoms with van der Waals surface area (Å²) >= 11 is 0. The lowest BCUT2D eigenvalue weighted by Gasteiger charge is -2.15. The quantitative estimate of drug-likeness (QED) is 0.261. The summed E-state index contributed by atoms with van der Waals surface area (Å²) in [4.78, 5) is 27.2. The fourth-order valence-corrected chi connectivity index (χ4v) is 4.79. The lowest BCUT2D eigenvalue weighted by molar-refractivity contribution is 0.993. The highest BCUT2D eigenvalue weighted by Crippen LogP contribution is 2.26. The molecule has 0 spiro atoms. The van der Waals surface area contributed by atoms with Gasteiger partial charge in [0.15, 0.2) is 10.9 Å². The van der Waals surface area contributed by atoms with Crippen LogP contribution < -0.4 is 10.9 Å². The van der Waals surface area contributed by atoms with E-state index in [4.69, 9.17) is 21.0 Å². The van der Waals surface area contributed by atoms with Crippen molar-refractivity contribution >= 4 is 55.8 Å². The molecular weight excluding hydrogens is 476 g/mol. The molecule has 0 saturated heterocycles. The monoisotopic (exact) mass is 492 g/mol. The van der Waals surface area contributed by atoms with Gasteiger partial charge >= 0.3 is 0 Å². The summed E-state index contributed by atoms with van der Waals surface area (Å²) in [7, 11) is 3.61. The second-order valence-corrected chi connectivity index (χ2v) is 8.78. The van der Waals surface area contributed by atoms with Crippen molar-refractivity contribution in [2.45, 2.75) is 0 Å². The highest BCUT2D eigenvalue weighted by atomic mass is 16.1. The Hall–Kier alpha value is -5.96. The lowest BCUT2D eigenvalue weighted by Crippen LogP contribution is -2.13. The second kappa shape index (κ2) is 8.92. The van der Waals surface area contributed by atoms with Gasteiger partial charge in [0.25, 0.3) is 0 Å². The van der Waals surface area contributed by atoms with Crippen LogP contribution >= 0.6 is 0 Å². The van der Waals surface area contributed by atoms with E-state index in [1.165, 1.54) is 12.2 Å². The molecule has 8 nitrogen and oxygen atoms in total. The first kappa shape index (κ1) is 23.8. The third kappa shape index (κ3) is 3.59. The van der Waals surface area contributed by atoms with E-state index < -0.39 is 0 Å². The Morgan fingerprint density at radius 2 is 0.921 bits per heavy atom. The molecule has 0 atom stereocenters. The van der Waals surface area contributed by atoms with Crippen LogP contribution in [0.25, 0.3) is 55.8 Å². The van der Waals surface area contributed by atoms with Crippen molar-refractivity contribution < 1.29 is 0 Å². The Labute approximate surface area is 215 Å². The molecule has 0 fully saturated rings. The number of hydrogen-bond donors (Lipinski definition) is 0. The van der Waals surface area contributed by atoms with E-state index in [2.05, 4.69) is 0 Å². The van der Waals surface area contributed by atoms with Gasteiger partial charge in [0.05, 0.1) is 22.1 Å². The fraction of sp³-hybridized carbons (Fsp3) is 0.0667. The van der Waals surface area contributed by atoms with Gasteiger partial charge in [-0.15, -0.1) is 0 Å². The molecule has 8 heteroatoms. The van der Waals surface area contributed by atoms with Gasteiger partial charge in [-0.3, -0.25) is 9.59 Å². The first-order valence-corrected chi connectivity index (χ1v) is 11.4. The van der Waals surface area contributed by atoms with Gasteiger partial charge in [0, 0.05) is 35.6 Å². The number of rotatable bonds is 2. The van der Waals surface area contributed by atoms with Crippen LogP contribution in [-0.4, -0.2) is 9.13 Å². The molecule has 0 bridgehead atoms. The zero-order chi connectivity index (χ0) is 27.1. The number of aryl methyl sites for hydroxylation is 2. The van der Waals surface area contributed by atoms with E-state index in [0.29, 0.717) is 54.7 Å². The van der Waals surface area contributed by atoms with Crippen molar-refractivity contribution in [2.24, 2.45) is 14.1 Å². The van der Waals surface area contributed by atoms with Crippen molar-refractivity contribution in [1.82, 2.24) is 9.13 Å². The maximum absolute atomic E-state index is 13.6. The molecule has 0 saturated carbocycles. The van der Waals surface area contributed by atoms with Gasteiger partial charge in [-0.2, -0.15) is 21.0 Å². The highest BCUT2D eigenvalue weighted by molar-refractivity contribution is 6.04. The van der Waals surface area contributed by atoms with Crippen LogP contribution in [0.15, 0.2) is 69.3 Å². The minimum atomic E-state index is -0.228. The topological polar surface area (TPSA) is 139 Å². The third-order valence-corrected chi connectivity index (χ3v) is 6.68. The van der Waals surface area contributed by atoms with Crippen molar-refractivity contribution in [3.05, 3.63) is 91.3 Å². The molecule has 0 aliphatic rings. The lowest BCUT2D eigenvalue weighted by atomic mass is 10.0. The van der Waals surface area contributed by atoms with E-state index in [0.717, 1.165) is 0 Å². The molecule has 5 rings (SSSR count). The van der Waals surface area contributed by atoms with Crippen LogP contribution in [0.3, 0.4) is 0 Å². The van der Waals surface area contributed by atoms with E-state index in [9.17, 15) is 9.59 Å². The normalized spacial score (nSPS) is 10.5. The summed E-state index contributed by atoms with van der Waals surface area (Å²) < 4.78 is 3.67. The number of fused-ring (bicyclic) bond motifs is 4. The molecular formula is C30H16N6O2. The van der Waals surface area contributed by atoms with E-state index >= 15 is 0 Å². The largest absolute Gasteiger partial charge is 0.343 e. The minimum absolute atomic E-state index is 0.0649. The second-order valence-electron chi connectivity index (χ2n) is 8.78. The molecule has 0 aliphatic heterocycles. The molecule has 0 radical (unpaired) electrons. The number of nitrogens with zero attached hydrogens (tertiary/aromatic N) is 6. The van der Waals surface area contributed by atoms with E-state index in [1.807, 2.05) is 33.4 Å². The SMILES string of the molecule is Cn1c2ccc(C=C(C#N)C#N)cc2c(=O)c2cc3c(cc21)c(=O)c1cc(C=C(C#N)C#N)ccc1n3C. The Morgan fingerprint density at radius 1 is 0.579 bits per heavy atom. The van der Waals surface area contributed by atoms with Gasteiger partial charge in [0.2, 0.25) is 0 Å². The van der Waals surface area contributed by atoms with Crippen LogP contribution in [0.1, 0.15) is 11.1 Å². The predicted molar refractivity (Wildman–Crippen MR) is 145 cm³/mol. The highest BCUT2D eigenvalue weighted by Gasteiger charge is 2.15. The van der Waals surface area contributed by atoms with Gasteiger partial charge in [0.1, 0.15) is 35.4 Å². The maximum atomic E-state index is 13.6. The summed E-state index contributed by atoms with van der Waals surface area (Å²) in [6.45, 7) is 0. The van der Waals surface area contributed by atoms with Crippen LogP contribution in [0, 0.1) is 45.3 Å². The smallest absolute Gasteiger partial charge is 0.197 e. The first-order valence-electron chi connectivity index (χ1n) is 11.4. The number of allylic oxidation sites excluding steroid dienone is 2. The molecule has 0 aliphatic carbocycles. The number of benzene rings is 3. The van der Waals surface area contributed by atoms with Crippen LogP contribution in [0.2, 0.25) is 0 Å². The number of aromatic nitrogens is 2. The standard InChI is InChI=1S/C30H16N6O2/c1-35-25-5-3-17(7-19(13-31)14-32)9-21(25)29(37)23-12-28-24(11-27(23)35)30(38)22-10-18(8-20(15-33)16-34)4-6-26(22)36(28)2/h3-12H,1-2H3. The van der Waals surface area contributed by atoms with E-state index in [1.54, 1.807) is 62.6 Å². The Kier molecular flexibility index (Phi) is 5.58. The maximum Gasteiger partial charge on any atom is 0.197 e. The van der Waals surface area contributed by atoms with Crippen molar-refractivity contribution in [2.75, 3.05) is 0 Å². The Morgan fingerprint density at radius 3 is 1.26 bits per heavy atom. The summed E-state index contributed by atoms with van der Waals surface area (Å²) in [6.07, 6.45) is 2.86. The molecule has 5 aromatic rings. The average Bonchev–Trinajstić information content (AvgIpc) is 2.95. The zero-order valence-corrected chi connectivity index (χ0v) is 20.3. The zero-order valence-electron chi connectivity index (χ0n) is 20.3. The van der Waals surface area contributed by atoms with Gasteiger partial charge in [-0.25, -0.2) is 0 Å².